The number of carbonyl (C=O) groups excluding carboxylic acids is 2. The van der Waals surface area contributed by atoms with Crippen molar-refractivity contribution in [3.63, 3.8) is 0 Å². The lowest BCUT2D eigenvalue weighted by molar-refractivity contribution is -0.147. The van der Waals surface area contributed by atoms with Crippen LogP contribution in [-0.2, 0) is 14.4 Å². The molecule has 0 saturated carbocycles. The zero-order valence-corrected chi connectivity index (χ0v) is 14.1. The molecule has 2 aliphatic heterocycles. The lowest BCUT2D eigenvalue weighted by atomic mass is 10.0. The molecule has 24 heavy (non-hydrogen) atoms. The Balaban J connectivity index is 0.000000471. The third-order valence-corrected chi connectivity index (χ3v) is 4.26. The molecular weight excluding hydrogens is 310 g/mol. The molecule has 3 atom stereocenters. The monoisotopic (exact) mass is 333 g/mol. The first-order chi connectivity index (χ1) is 11.3. The molecule has 7 nitrogen and oxygen atoms in total. The fourth-order valence-corrected chi connectivity index (χ4v) is 3.02. The molecule has 0 radical (unpaired) electrons. The SMILES string of the molecule is CC(=O)O.CN(C)[C@@H]1C[C@H]2C(=O)N[C@@H](c3ccccc3)C(=O)N2C1. The van der Waals surface area contributed by atoms with Gasteiger partial charge in [-0.25, -0.2) is 0 Å². The number of fused-ring (bicyclic) bond motifs is 1. The van der Waals surface area contributed by atoms with Crippen molar-refractivity contribution in [1.82, 2.24) is 15.1 Å². The predicted molar refractivity (Wildman–Crippen MR) is 88.2 cm³/mol. The Bertz CT molecular complexity index is 614. The summed E-state index contributed by atoms with van der Waals surface area (Å²) >= 11 is 0. The Kier molecular flexibility index (Phi) is 5.56. The minimum atomic E-state index is -0.833. The molecule has 3 rings (SSSR count). The van der Waals surface area contributed by atoms with E-state index in [2.05, 4.69) is 10.2 Å². The first-order valence-electron chi connectivity index (χ1n) is 7.83. The van der Waals surface area contributed by atoms with Crippen LogP contribution in [0.1, 0.15) is 24.9 Å². The minimum absolute atomic E-state index is 0.00477. The molecule has 2 aliphatic rings. The third kappa shape index (κ3) is 3.91. The fraction of sp³-hybridized carbons (Fsp3) is 0.471. The molecule has 0 unspecified atom stereocenters. The lowest BCUT2D eigenvalue weighted by Crippen LogP contribution is -2.57. The summed E-state index contributed by atoms with van der Waals surface area (Å²) in [4.78, 5) is 37.7. The number of amides is 2. The Morgan fingerprint density at radius 2 is 1.83 bits per heavy atom. The average Bonchev–Trinajstić information content (AvgIpc) is 2.98. The number of likely N-dealkylation sites (N-methyl/N-ethyl adjacent to an activating group) is 1. The molecule has 130 valence electrons. The standard InChI is InChI=1S/C15H19N3O2.C2H4O2/c1-17(2)11-8-12-14(19)16-13(15(20)18(12)9-11)10-6-4-3-5-7-10;1-2(3)4/h3-7,11-13H,8-9H2,1-2H3,(H,16,19);1H3,(H,3,4)/t11-,12+,13+;/m1./s1. The molecule has 2 N–H and O–H groups in total. The van der Waals surface area contributed by atoms with Gasteiger partial charge in [-0.3, -0.25) is 14.4 Å². The minimum Gasteiger partial charge on any atom is -0.481 e. The van der Waals surface area contributed by atoms with E-state index in [4.69, 9.17) is 9.90 Å². The van der Waals surface area contributed by atoms with Crippen LogP contribution in [0.5, 0.6) is 0 Å². The lowest BCUT2D eigenvalue weighted by Gasteiger charge is -2.34. The van der Waals surface area contributed by atoms with Crippen LogP contribution in [0.25, 0.3) is 0 Å². The summed E-state index contributed by atoms with van der Waals surface area (Å²) in [5.74, 6) is -0.868. The molecule has 2 fully saturated rings. The van der Waals surface area contributed by atoms with Crippen molar-refractivity contribution in [2.24, 2.45) is 0 Å². The smallest absolute Gasteiger partial charge is 0.300 e. The maximum Gasteiger partial charge on any atom is 0.300 e. The number of nitrogens with one attached hydrogen (secondary N) is 1. The highest BCUT2D eigenvalue weighted by molar-refractivity contribution is 5.98. The van der Waals surface area contributed by atoms with E-state index in [-0.39, 0.29) is 23.9 Å². The van der Waals surface area contributed by atoms with Crippen LogP contribution in [0, 0.1) is 0 Å². The van der Waals surface area contributed by atoms with Crippen LogP contribution in [0.3, 0.4) is 0 Å². The van der Waals surface area contributed by atoms with Gasteiger partial charge in [0.1, 0.15) is 12.1 Å². The zero-order chi connectivity index (χ0) is 17.9. The topological polar surface area (TPSA) is 90.0 Å². The van der Waals surface area contributed by atoms with Gasteiger partial charge in [-0.15, -0.1) is 0 Å². The Hall–Kier alpha value is -2.41. The third-order valence-electron chi connectivity index (χ3n) is 4.26. The van der Waals surface area contributed by atoms with E-state index in [1.54, 1.807) is 4.90 Å². The molecule has 2 heterocycles. The van der Waals surface area contributed by atoms with Crippen LogP contribution in [0.15, 0.2) is 30.3 Å². The largest absolute Gasteiger partial charge is 0.481 e. The van der Waals surface area contributed by atoms with Crippen molar-refractivity contribution >= 4 is 17.8 Å². The molecule has 2 saturated heterocycles. The van der Waals surface area contributed by atoms with Gasteiger partial charge in [0, 0.05) is 19.5 Å². The van der Waals surface area contributed by atoms with E-state index in [1.165, 1.54) is 0 Å². The van der Waals surface area contributed by atoms with Crippen LogP contribution >= 0.6 is 0 Å². The van der Waals surface area contributed by atoms with E-state index in [0.29, 0.717) is 13.0 Å². The second-order valence-electron chi connectivity index (χ2n) is 6.23. The Morgan fingerprint density at radius 3 is 2.38 bits per heavy atom. The summed E-state index contributed by atoms with van der Waals surface area (Å²) in [5.41, 5.74) is 0.845. The predicted octanol–water partition coefficient (Wildman–Crippen LogP) is 0.480. The van der Waals surface area contributed by atoms with Gasteiger partial charge in [0.05, 0.1) is 0 Å². The van der Waals surface area contributed by atoms with Gasteiger partial charge >= 0.3 is 0 Å². The van der Waals surface area contributed by atoms with E-state index in [1.807, 2.05) is 44.4 Å². The van der Waals surface area contributed by atoms with Crippen LogP contribution < -0.4 is 5.32 Å². The molecule has 0 spiro atoms. The van der Waals surface area contributed by atoms with Gasteiger partial charge in [0.15, 0.2) is 0 Å². The second kappa shape index (κ2) is 7.44. The molecule has 1 aromatic carbocycles. The molecular formula is C17H23N3O4. The van der Waals surface area contributed by atoms with E-state index in [0.717, 1.165) is 12.5 Å². The van der Waals surface area contributed by atoms with Crippen LogP contribution in [-0.4, -0.2) is 65.4 Å². The number of hydrogen-bond donors (Lipinski definition) is 2. The van der Waals surface area contributed by atoms with Crippen molar-refractivity contribution in [2.75, 3.05) is 20.6 Å². The highest BCUT2D eigenvalue weighted by Gasteiger charge is 2.47. The number of nitrogens with zero attached hydrogens (tertiary/aromatic N) is 2. The molecule has 0 aliphatic carbocycles. The first kappa shape index (κ1) is 17.9. The van der Waals surface area contributed by atoms with Crippen molar-refractivity contribution in [3.8, 4) is 0 Å². The molecule has 2 amide bonds. The van der Waals surface area contributed by atoms with Crippen molar-refractivity contribution in [2.45, 2.75) is 31.5 Å². The highest BCUT2D eigenvalue weighted by atomic mass is 16.4. The van der Waals surface area contributed by atoms with Crippen molar-refractivity contribution < 1.29 is 19.5 Å². The fourth-order valence-electron chi connectivity index (χ4n) is 3.02. The summed E-state index contributed by atoms with van der Waals surface area (Å²) < 4.78 is 0. The number of hydrogen-bond acceptors (Lipinski definition) is 4. The molecule has 0 aromatic heterocycles. The molecule has 0 bridgehead atoms. The van der Waals surface area contributed by atoms with Crippen molar-refractivity contribution in [3.05, 3.63) is 35.9 Å². The maximum atomic E-state index is 12.6. The zero-order valence-electron chi connectivity index (χ0n) is 14.1. The van der Waals surface area contributed by atoms with Crippen LogP contribution in [0.2, 0.25) is 0 Å². The van der Waals surface area contributed by atoms with Gasteiger partial charge in [0.2, 0.25) is 5.91 Å². The van der Waals surface area contributed by atoms with Gasteiger partial charge in [0.25, 0.3) is 11.9 Å². The van der Waals surface area contributed by atoms with Crippen LogP contribution in [0.4, 0.5) is 0 Å². The maximum absolute atomic E-state index is 12.6. The molecule has 7 heteroatoms. The quantitative estimate of drug-likeness (QED) is 0.822. The Labute approximate surface area is 141 Å². The summed E-state index contributed by atoms with van der Waals surface area (Å²) in [7, 11) is 3.97. The number of piperazine rings is 1. The number of rotatable bonds is 2. The Morgan fingerprint density at radius 1 is 1.25 bits per heavy atom. The number of carboxylic acids is 1. The second-order valence-corrected chi connectivity index (χ2v) is 6.23. The van der Waals surface area contributed by atoms with Gasteiger partial charge in [-0.1, -0.05) is 30.3 Å². The van der Waals surface area contributed by atoms with Gasteiger partial charge in [-0.05, 0) is 26.1 Å². The summed E-state index contributed by atoms with van der Waals surface area (Å²) in [6.45, 7) is 1.72. The number of carbonyl (C=O) groups is 3. The highest BCUT2D eigenvalue weighted by Crippen LogP contribution is 2.29. The summed E-state index contributed by atoms with van der Waals surface area (Å²) in [5, 5.41) is 10.3. The number of benzene rings is 1. The first-order valence-corrected chi connectivity index (χ1v) is 7.83. The number of aliphatic carboxylic acids is 1. The number of carboxylic acid groups (broad SMARTS) is 1. The van der Waals surface area contributed by atoms with Crippen molar-refractivity contribution in [1.29, 1.82) is 0 Å². The summed E-state index contributed by atoms with van der Waals surface area (Å²) in [6, 6.07) is 8.82. The van der Waals surface area contributed by atoms with Gasteiger partial charge < -0.3 is 20.2 Å². The van der Waals surface area contributed by atoms with E-state index >= 15 is 0 Å². The summed E-state index contributed by atoms with van der Waals surface area (Å²) in [6.07, 6.45) is 0.714. The van der Waals surface area contributed by atoms with Gasteiger partial charge in [-0.2, -0.15) is 0 Å². The van der Waals surface area contributed by atoms with E-state index in [9.17, 15) is 9.59 Å². The average molecular weight is 333 g/mol. The van der Waals surface area contributed by atoms with E-state index < -0.39 is 12.0 Å². The molecule has 1 aromatic rings. The normalized spacial score (nSPS) is 25.7.